The molecule has 3 rings (SSSR count). The first-order valence-electron chi connectivity index (χ1n) is 8.44. The lowest BCUT2D eigenvalue weighted by atomic mass is 10.1. The van der Waals surface area contributed by atoms with Crippen molar-refractivity contribution in [2.45, 2.75) is 30.8 Å². The van der Waals surface area contributed by atoms with Gasteiger partial charge in [-0.3, -0.25) is 4.72 Å². The summed E-state index contributed by atoms with van der Waals surface area (Å²) in [4.78, 5) is 1.79. The lowest BCUT2D eigenvalue weighted by molar-refractivity contribution is 0.407. The maximum Gasteiger partial charge on any atom is 0.262 e. The van der Waals surface area contributed by atoms with Crippen LogP contribution in [0, 0.1) is 11.6 Å². The van der Waals surface area contributed by atoms with Crippen LogP contribution in [0.2, 0.25) is 0 Å². The van der Waals surface area contributed by atoms with Gasteiger partial charge in [0.25, 0.3) is 10.0 Å². The molecular formula is C18H20BrF2N3O2S. The number of anilines is 2. The first-order chi connectivity index (χ1) is 12.7. The van der Waals surface area contributed by atoms with Crippen LogP contribution in [0.15, 0.2) is 45.8 Å². The summed E-state index contributed by atoms with van der Waals surface area (Å²) in [5.41, 5.74) is 0.547. The fourth-order valence-corrected chi connectivity index (χ4v) is 4.49. The lowest BCUT2D eigenvalue weighted by Crippen LogP contribution is -2.54. The average molecular weight is 460 g/mol. The third-order valence-electron chi connectivity index (χ3n) is 4.32. The molecule has 1 aliphatic rings. The van der Waals surface area contributed by atoms with E-state index in [1.165, 1.54) is 24.3 Å². The van der Waals surface area contributed by atoms with Crippen molar-refractivity contribution in [2.75, 3.05) is 22.7 Å². The fourth-order valence-electron chi connectivity index (χ4n) is 3.17. The summed E-state index contributed by atoms with van der Waals surface area (Å²) in [5, 5.41) is 3.41. The highest BCUT2D eigenvalue weighted by Crippen LogP contribution is 2.27. The molecule has 2 aromatic rings. The van der Waals surface area contributed by atoms with Gasteiger partial charge in [0.05, 0.1) is 15.1 Å². The first kappa shape index (κ1) is 20.0. The van der Waals surface area contributed by atoms with Crippen LogP contribution < -0.4 is 14.9 Å². The molecule has 0 saturated carbocycles. The van der Waals surface area contributed by atoms with Gasteiger partial charge in [0, 0.05) is 30.9 Å². The zero-order valence-corrected chi connectivity index (χ0v) is 17.2. The molecule has 9 heteroatoms. The Morgan fingerprint density at radius 3 is 2.37 bits per heavy atom. The molecule has 146 valence electrons. The maximum atomic E-state index is 14.2. The Labute approximate surface area is 165 Å². The topological polar surface area (TPSA) is 61.4 Å². The molecule has 2 atom stereocenters. The van der Waals surface area contributed by atoms with Gasteiger partial charge in [-0.2, -0.15) is 0 Å². The van der Waals surface area contributed by atoms with Crippen LogP contribution in [-0.2, 0) is 10.0 Å². The standard InChI is InChI=1S/C18H20BrF2N3O2S/c1-11-9-24(10-12(2)22-11)13-3-6-16(20)18(7-13)23-27(25,26)14-4-5-15(19)17(21)8-14/h3-8,11-12,22-23H,9-10H2,1-2H3. The van der Waals surface area contributed by atoms with E-state index in [-0.39, 0.29) is 27.1 Å². The number of nitrogens with zero attached hydrogens (tertiary/aromatic N) is 1. The van der Waals surface area contributed by atoms with E-state index in [0.29, 0.717) is 0 Å². The van der Waals surface area contributed by atoms with Crippen molar-refractivity contribution in [1.82, 2.24) is 5.32 Å². The molecule has 0 bridgehead atoms. The summed E-state index contributed by atoms with van der Waals surface area (Å²) in [5.74, 6) is -1.41. The van der Waals surface area contributed by atoms with E-state index in [1.54, 1.807) is 6.07 Å². The van der Waals surface area contributed by atoms with Crippen LogP contribution in [0.3, 0.4) is 0 Å². The van der Waals surface area contributed by atoms with Gasteiger partial charge in [-0.15, -0.1) is 0 Å². The summed E-state index contributed by atoms with van der Waals surface area (Å²) in [6.45, 7) is 5.55. The molecule has 0 aromatic heterocycles. The van der Waals surface area contributed by atoms with Gasteiger partial charge in [-0.05, 0) is 66.2 Å². The van der Waals surface area contributed by atoms with Gasteiger partial charge >= 0.3 is 0 Å². The molecule has 1 heterocycles. The molecule has 0 radical (unpaired) electrons. The Bertz CT molecular complexity index is 946. The second kappa shape index (κ2) is 7.73. The quantitative estimate of drug-likeness (QED) is 0.731. The number of rotatable bonds is 4. The summed E-state index contributed by atoms with van der Waals surface area (Å²) in [6.07, 6.45) is 0. The number of hydrogen-bond donors (Lipinski definition) is 2. The van der Waals surface area contributed by atoms with Gasteiger partial charge < -0.3 is 10.2 Å². The number of benzene rings is 2. The molecule has 5 nitrogen and oxygen atoms in total. The zero-order valence-electron chi connectivity index (χ0n) is 14.8. The van der Waals surface area contributed by atoms with Crippen LogP contribution in [-0.4, -0.2) is 33.6 Å². The summed E-state index contributed by atoms with van der Waals surface area (Å²) < 4.78 is 55.3. The van der Waals surface area contributed by atoms with Crippen molar-refractivity contribution in [3.8, 4) is 0 Å². The molecule has 2 unspecified atom stereocenters. The van der Waals surface area contributed by atoms with Gasteiger partial charge in [-0.25, -0.2) is 17.2 Å². The molecule has 2 aromatic carbocycles. The second-order valence-electron chi connectivity index (χ2n) is 6.72. The maximum absolute atomic E-state index is 14.2. The Morgan fingerprint density at radius 1 is 1.07 bits per heavy atom. The Kier molecular flexibility index (Phi) is 5.73. The molecule has 1 fully saturated rings. The monoisotopic (exact) mass is 459 g/mol. The van der Waals surface area contributed by atoms with E-state index in [2.05, 4.69) is 44.7 Å². The normalized spacial score (nSPS) is 20.6. The van der Waals surface area contributed by atoms with E-state index < -0.39 is 21.7 Å². The van der Waals surface area contributed by atoms with Crippen molar-refractivity contribution in [3.63, 3.8) is 0 Å². The summed E-state index contributed by atoms with van der Waals surface area (Å²) >= 11 is 2.98. The molecule has 27 heavy (non-hydrogen) atoms. The third-order valence-corrected chi connectivity index (χ3v) is 6.32. The number of piperazine rings is 1. The molecule has 0 aliphatic carbocycles. The highest BCUT2D eigenvalue weighted by atomic mass is 79.9. The molecule has 2 N–H and O–H groups in total. The highest BCUT2D eigenvalue weighted by Gasteiger charge is 2.23. The summed E-state index contributed by atoms with van der Waals surface area (Å²) in [7, 11) is -4.13. The van der Waals surface area contributed by atoms with E-state index in [4.69, 9.17) is 0 Å². The van der Waals surface area contributed by atoms with Crippen molar-refractivity contribution >= 4 is 37.3 Å². The number of hydrogen-bond acceptors (Lipinski definition) is 4. The van der Waals surface area contributed by atoms with Gasteiger partial charge in [0.2, 0.25) is 0 Å². The van der Waals surface area contributed by atoms with Crippen LogP contribution in [0.1, 0.15) is 13.8 Å². The van der Waals surface area contributed by atoms with Crippen LogP contribution in [0.25, 0.3) is 0 Å². The Morgan fingerprint density at radius 2 is 1.74 bits per heavy atom. The van der Waals surface area contributed by atoms with Crippen LogP contribution in [0.4, 0.5) is 20.2 Å². The molecule has 1 aliphatic heterocycles. The fraction of sp³-hybridized carbons (Fsp3) is 0.333. The van der Waals surface area contributed by atoms with Gasteiger partial charge in [0.15, 0.2) is 0 Å². The van der Waals surface area contributed by atoms with Crippen molar-refractivity contribution in [1.29, 1.82) is 0 Å². The minimum absolute atomic E-state index is 0.150. The van der Waals surface area contributed by atoms with Crippen LogP contribution in [0.5, 0.6) is 0 Å². The van der Waals surface area contributed by atoms with E-state index in [1.807, 2.05) is 0 Å². The van der Waals surface area contributed by atoms with Crippen molar-refractivity contribution < 1.29 is 17.2 Å². The predicted molar refractivity (Wildman–Crippen MR) is 106 cm³/mol. The van der Waals surface area contributed by atoms with Crippen LogP contribution >= 0.6 is 15.9 Å². The molecule has 1 saturated heterocycles. The number of sulfonamides is 1. The SMILES string of the molecule is CC1CN(c2ccc(F)c(NS(=O)(=O)c3ccc(Br)c(F)c3)c2)CC(C)N1. The second-order valence-corrected chi connectivity index (χ2v) is 9.26. The minimum Gasteiger partial charge on any atom is -0.368 e. The van der Waals surface area contributed by atoms with Gasteiger partial charge in [0.1, 0.15) is 11.6 Å². The molecule has 0 amide bonds. The third kappa shape index (κ3) is 4.59. The average Bonchev–Trinajstić information content (AvgIpc) is 2.58. The largest absolute Gasteiger partial charge is 0.368 e. The Balaban J connectivity index is 1.89. The lowest BCUT2D eigenvalue weighted by Gasteiger charge is -2.37. The highest BCUT2D eigenvalue weighted by molar-refractivity contribution is 9.10. The van der Waals surface area contributed by atoms with E-state index in [9.17, 15) is 17.2 Å². The predicted octanol–water partition coefficient (Wildman–Crippen LogP) is 3.71. The van der Waals surface area contributed by atoms with Gasteiger partial charge in [-0.1, -0.05) is 0 Å². The summed E-state index contributed by atoms with van der Waals surface area (Å²) in [6, 6.07) is 8.25. The first-order valence-corrected chi connectivity index (χ1v) is 10.7. The molecule has 0 spiro atoms. The van der Waals surface area contributed by atoms with Crippen molar-refractivity contribution in [2.24, 2.45) is 0 Å². The number of nitrogens with one attached hydrogen (secondary N) is 2. The smallest absolute Gasteiger partial charge is 0.262 e. The van der Waals surface area contributed by atoms with Crippen molar-refractivity contribution in [3.05, 3.63) is 52.5 Å². The van der Waals surface area contributed by atoms with E-state index >= 15 is 0 Å². The minimum atomic E-state index is -4.13. The van der Waals surface area contributed by atoms with E-state index in [0.717, 1.165) is 24.8 Å². The number of halogens is 3. The Hall–Kier alpha value is -1.71. The zero-order chi connectivity index (χ0) is 19.8. The molecular weight excluding hydrogens is 440 g/mol.